The molecule has 1 aliphatic rings. The number of oxazole rings is 1. The number of hydrogen-bond donors (Lipinski definition) is 1. The number of nitrogens with one attached hydrogen (secondary N) is 1. The predicted octanol–water partition coefficient (Wildman–Crippen LogP) is 4.88. The van der Waals surface area contributed by atoms with Gasteiger partial charge in [0.2, 0.25) is 5.76 Å². The molecule has 0 bridgehead atoms. The number of amides is 2. The van der Waals surface area contributed by atoms with Gasteiger partial charge in [0.25, 0.3) is 11.8 Å². The third-order valence-electron chi connectivity index (χ3n) is 5.75. The number of aromatic nitrogens is 1. The lowest BCUT2D eigenvalue weighted by atomic mass is 9.93. The number of likely N-dealkylation sites (tertiary alicyclic amines) is 1. The number of rotatable bonds is 5. The van der Waals surface area contributed by atoms with Crippen molar-refractivity contribution in [1.29, 1.82) is 0 Å². The molecule has 1 saturated heterocycles. The van der Waals surface area contributed by atoms with Crippen LogP contribution in [-0.4, -0.2) is 40.3 Å². The second-order valence-corrected chi connectivity index (χ2v) is 9.59. The van der Waals surface area contributed by atoms with E-state index in [9.17, 15) is 9.59 Å². The Balaban J connectivity index is 1.68. The number of aryl methyl sites for hydroxylation is 2. The molecule has 3 aromatic rings. The molecule has 1 fully saturated rings. The van der Waals surface area contributed by atoms with Gasteiger partial charge in [0.15, 0.2) is 5.89 Å². The molecule has 2 aromatic heterocycles. The first-order valence-electron chi connectivity index (χ1n) is 10.9. The topological polar surface area (TPSA) is 75.4 Å². The molecule has 4 rings (SSSR count). The van der Waals surface area contributed by atoms with Gasteiger partial charge in [0, 0.05) is 30.3 Å². The number of benzene rings is 1. The molecule has 1 aromatic carbocycles. The first-order valence-corrected chi connectivity index (χ1v) is 11.7. The first kappa shape index (κ1) is 21.6. The molecule has 1 N–H and O–H groups in total. The fourth-order valence-electron chi connectivity index (χ4n) is 4.39. The number of nitrogens with zero attached hydrogens (tertiary/aromatic N) is 2. The van der Waals surface area contributed by atoms with E-state index in [1.54, 1.807) is 6.92 Å². The van der Waals surface area contributed by atoms with E-state index in [4.69, 9.17) is 4.42 Å². The van der Waals surface area contributed by atoms with Crippen LogP contribution in [0.25, 0.3) is 10.1 Å². The minimum absolute atomic E-state index is 0.0228. The zero-order valence-electron chi connectivity index (χ0n) is 18.5. The fourth-order valence-corrected chi connectivity index (χ4v) is 5.52. The van der Waals surface area contributed by atoms with Gasteiger partial charge in [0.05, 0.1) is 10.6 Å². The summed E-state index contributed by atoms with van der Waals surface area (Å²) in [6.45, 7) is 8.19. The van der Waals surface area contributed by atoms with Crippen LogP contribution in [0.5, 0.6) is 0 Å². The van der Waals surface area contributed by atoms with Gasteiger partial charge < -0.3 is 14.6 Å². The van der Waals surface area contributed by atoms with Gasteiger partial charge in [-0.05, 0) is 63.5 Å². The number of piperidine rings is 1. The van der Waals surface area contributed by atoms with Gasteiger partial charge in [-0.3, -0.25) is 9.59 Å². The van der Waals surface area contributed by atoms with E-state index in [-0.39, 0.29) is 23.9 Å². The van der Waals surface area contributed by atoms with E-state index in [0.29, 0.717) is 30.3 Å². The van der Waals surface area contributed by atoms with E-state index < -0.39 is 0 Å². The van der Waals surface area contributed by atoms with Crippen molar-refractivity contribution < 1.29 is 14.0 Å². The highest BCUT2D eigenvalue weighted by Gasteiger charge is 2.32. The highest BCUT2D eigenvalue weighted by atomic mass is 32.1. The van der Waals surface area contributed by atoms with Crippen LogP contribution in [0.15, 0.2) is 28.7 Å². The van der Waals surface area contributed by atoms with Crippen LogP contribution >= 0.6 is 11.3 Å². The lowest BCUT2D eigenvalue weighted by Crippen LogP contribution is -2.45. The minimum Gasteiger partial charge on any atom is -0.436 e. The number of thiophene rings is 1. The molecular formula is C24H29N3O3S. The number of fused-ring (bicyclic) bond motifs is 1. The molecule has 2 amide bonds. The van der Waals surface area contributed by atoms with Gasteiger partial charge in [-0.1, -0.05) is 18.2 Å². The largest absolute Gasteiger partial charge is 0.436 e. The molecule has 0 aliphatic carbocycles. The normalized spacial score (nSPS) is 16.8. The summed E-state index contributed by atoms with van der Waals surface area (Å²) in [6, 6.07) is 8.23. The van der Waals surface area contributed by atoms with Gasteiger partial charge in [0.1, 0.15) is 0 Å². The fraction of sp³-hybridized carbons (Fsp3) is 0.458. The molecule has 31 heavy (non-hydrogen) atoms. The Labute approximate surface area is 186 Å². The van der Waals surface area contributed by atoms with Gasteiger partial charge >= 0.3 is 0 Å². The lowest BCUT2D eigenvalue weighted by Gasteiger charge is -2.35. The van der Waals surface area contributed by atoms with Crippen LogP contribution in [0.4, 0.5) is 0 Å². The maximum atomic E-state index is 13.3. The standard InChI is InChI=1S/C24H29N3O3S/c1-14(2)25-23(28)22-19(18-10-5-6-11-20(18)31-22)13-17-9-7-8-12-27(17)24(29)21-15(3)26-16(4)30-21/h5-6,10-11,14,17H,7-9,12-13H2,1-4H3,(H,25,28)/t17-/m0/s1. The van der Waals surface area contributed by atoms with Crippen LogP contribution in [0.3, 0.4) is 0 Å². The Bertz CT molecular complexity index is 1110. The van der Waals surface area contributed by atoms with Crippen molar-refractivity contribution >= 4 is 33.2 Å². The van der Waals surface area contributed by atoms with E-state index in [1.807, 2.05) is 37.8 Å². The zero-order chi connectivity index (χ0) is 22.1. The Morgan fingerprint density at radius 2 is 2.03 bits per heavy atom. The Hall–Kier alpha value is -2.67. The molecule has 0 radical (unpaired) electrons. The van der Waals surface area contributed by atoms with Crippen LogP contribution in [0.2, 0.25) is 0 Å². The summed E-state index contributed by atoms with van der Waals surface area (Å²) in [4.78, 5) is 33.2. The van der Waals surface area contributed by atoms with Crippen molar-refractivity contribution in [2.45, 2.75) is 65.5 Å². The number of carbonyl (C=O) groups is 2. The molecule has 0 saturated carbocycles. The second-order valence-electron chi connectivity index (χ2n) is 8.53. The summed E-state index contributed by atoms with van der Waals surface area (Å²) in [5.74, 6) is 0.695. The van der Waals surface area contributed by atoms with Crippen LogP contribution < -0.4 is 5.32 Å². The van der Waals surface area contributed by atoms with Crippen LogP contribution in [0.1, 0.15) is 70.5 Å². The zero-order valence-corrected chi connectivity index (χ0v) is 19.3. The molecule has 164 valence electrons. The van der Waals surface area contributed by atoms with Crippen molar-refractivity contribution in [3.05, 3.63) is 52.1 Å². The number of carbonyl (C=O) groups excluding carboxylic acids is 2. The highest BCUT2D eigenvalue weighted by molar-refractivity contribution is 7.21. The molecule has 1 aliphatic heterocycles. The maximum Gasteiger partial charge on any atom is 0.291 e. The monoisotopic (exact) mass is 439 g/mol. The van der Waals surface area contributed by atoms with E-state index in [1.165, 1.54) is 11.3 Å². The first-order chi connectivity index (χ1) is 14.8. The summed E-state index contributed by atoms with van der Waals surface area (Å²) < 4.78 is 6.72. The third kappa shape index (κ3) is 4.37. The van der Waals surface area contributed by atoms with Crippen molar-refractivity contribution in [1.82, 2.24) is 15.2 Å². The molecule has 0 unspecified atom stereocenters. The molecular weight excluding hydrogens is 410 g/mol. The Kier molecular flexibility index (Phi) is 6.14. The summed E-state index contributed by atoms with van der Waals surface area (Å²) >= 11 is 1.53. The summed E-state index contributed by atoms with van der Waals surface area (Å²) in [5.41, 5.74) is 1.67. The van der Waals surface area contributed by atoms with Crippen molar-refractivity contribution in [3.8, 4) is 0 Å². The van der Waals surface area contributed by atoms with Gasteiger partial charge in [-0.15, -0.1) is 11.3 Å². The Morgan fingerprint density at radius 1 is 1.26 bits per heavy atom. The van der Waals surface area contributed by atoms with E-state index >= 15 is 0 Å². The summed E-state index contributed by atoms with van der Waals surface area (Å²) in [7, 11) is 0. The number of hydrogen-bond acceptors (Lipinski definition) is 5. The average molecular weight is 440 g/mol. The minimum atomic E-state index is -0.101. The average Bonchev–Trinajstić information content (AvgIpc) is 3.27. The quantitative estimate of drug-likeness (QED) is 0.615. The predicted molar refractivity (Wildman–Crippen MR) is 123 cm³/mol. The summed E-state index contributed by atoms with van der Waals surface area (Å²) in [6.07, 6.45) is 3.61. The van der Waals surface area contributed by atoms with E-state index in [0.717, 1.165) is 39.8 Å². The van der Waals surface area contributed by atoms with Crippen molar-refractivity contribution in [2.24, 2.45) is 0 Å². The van der Waals surface area contributed by atoms with E-state index in [2.05, 4.69) is 22.4 Å². The molecule has 7 heteroatoms. The summed E-state index contributed by atoms with van der Waals surface area (Å²) in [5, 5.41) is 4.14. The Morgan fingerprint density at radius 3 is 2.74 bits per heavy atom. The highest BCUT2D eigenvalue weighted by Crippen LogP contribution is 2.34. The SMILES string of the molecule is Cc1nc(C)c(C(=O)N2CCCC[C@H]2Cc2c(C(=O)NC(C)C)sc3ccccc23)o1. The smallest absolute Gasteiger partial charge is 0.291 e. The van der Waals surface area contributed by atoms with Gasteiger partial charge in [-0.2, -0.15) is 0 Å². The third-order valence-corrected chi connectivity index (χ3v) is 6.96. The van der Waals surface area contributed by atoms with Crippen molar-refractivity contribution in [2.75, 3.05) is 6.54 Å². The molecule has 3 heterocycles. The van der Waals surface area contributed by atoms with Crippen LogP contribution in [-0.2, 0) is 6.42 Å². The van der Waals surface area contributed by atoms with Crippen LogP contribution in [0, 0.1) is 13.8 Å². The van der Waals surface area contributed by atoms with Crippen molar-refractivity contribution in [3.63, 3.8) is 0 Å². The maximum absolute atomic E-state index is 13.3. The molecule has 6 nitrogen and oxygen atoms in total. The lowest BCUT2D eigenvalue weighted by molar-refractivity contribution is 0.0579. The molecule has 0 spiro atoms. The second kappa shape index (κ2) is 8.83. The van der Waals surface area contributed by atoms with Gasteiger partial charge in [-0.25, -0.2) is 4.98 Å². The molecule has 1 atom stereocenters.